The summed E-state index contributed by atoms with van der Waals surface area (Å²) in [6.07, 6.45) is 5.94. The highest BCUT2D eigenvalue weighted by atomic mass is 16.4. The maximum Gasteiger partial charge on any atom is 0.306 e. The van der Waals surface area contributed by atoms with Gasteiger partial charge in [-0.05, 0) is 18.9 Å². The lowest BCUT2D eigenvalue weighted by atomic mass is 9.97. The monoisotopic (exact) mass is 274 g/mol. The standard InChI is InChI=1S/C13H14N4O3/c18-12(19)9-2-6-17(7-3-9)13-15-4-1-10(16-13)11-14-5-8-20-11/h1,4-5,8-9H,2-3,6-7H2,(H,18,19). The summed E-state index contributed by atoms with van der Waals surface area (Å²) in [6.45, 7) is 1.29. The fourth-order valence-electron chi connectivity index (χ4n) is 2.30. The molecule has 0 spiro atoms. The van der Waals surface area contributed by atoms with E-state index in [0.29, 0.717) is 43.5 Å². The van der Waals surface area contributed by atoms with Crippen LogP contribution in [0.4, 0.5) is 5.95 Å². The van der Waals surface area contributed by atoms with Crippen LogP contribution in [0.5, 0.6) is 0 Å². The van der Waals surface area contributed by atoms with Crippen LogP contribution >= 0.6 is 0 Å². The van der Waals surface area contributed by atoms with Crippen molar-refractivity contribution >= 4 is 11.9 Å². The molecule has 2 aromatic heterocycles. The number of aromatic nitrogens is 3. The van der Waals surface area contributed by atoms with Gasteiger partial charge in [-0.2, -0.15) is 0 Å². The highest BCUT2D eigenvalue weighted by Gasteiger charge is 2.25. The van der Waals surface area contributed by atoms with Gasteiger partial charge in [0.05, 0.1) is 12.1 Å². The van der Waals surface area contributed by atoms with Crippen molar-refractivity contribution < 1.29 is 14.3 Å². The molecule has 2 aromatic rings. The zero-order valence-corrected chi connectivity index (χ0v) is 10.8. The van der Waals surface area contributed by atoms with Crippen LogP contribution in [-0.2, 0) is 4.79 Å². The van der Waals surface area contributed by atoms with Gasteiger partial charge in [0.15, 0.2) is 0 Å². The third-order valence-corrected chi connectivity index (χ3v) is 3.42. The molecule has 0 atom stereocenters. The Labute approximate surface area is 115 Å². The number of nitrogens with zero attached hydrogens (tertiary/aromatic N) is 4. The van der Waals surface area contributed by atoms with E-state index in [1.54, 1.807) is 18.5 Å². The quantitative estimate of drug-likeness (QED) is 0.905. The van der Waals surface area contributed by atoms with E-state index in [2.05, 4.69) is 15.0 Å². The van der Waals surface area contributed by atoms with Gasteiger partial charge in [-0.1, -0.05) is 0 Å². The smallest absolute Gasteiger partial charge is 0.306 e. The van der Waals surface area contributed by atoms with Crippen molar-refractivity contribution in [3.05, 3.63) is 24.7 Å². The molecule has 3 heterocycles. The van der Waals surface area contributed by atoms with Gasteiger partial charge in [0.1, 0.15) is 12.0 Å². The summed E-state index contributed by atoms with van der Waals surface area (Å²) in [5.41, 5.74) is 0.625. The van der Waals surface area contributed by atoms with E-state index in [1.807, 2.05) is 4.90 Å². The molecule has 104 valence electrons. The van der Waals surface area contributed by atoms with Crippen LogP contribution < -0.4 is 4.90 Å². The summed E-state index contributed by atoms with van der Waals surface area (Å²) in [4.78, 5) is 25.6. The first kappa shape index (κ1) is 12.6. The Balaban J connectivity index is 1.75. The predicted octanol–water partition coefficient (Wildman–Crippen LogP) is 1.43. The van der Waals surface area contributed by atoms with Crippen LogP contribution in [0.2, 0.25) is 0 Å². The molecule has 1 N–H and O–H groups in total. The van der Waals surface area contributed by atoms with E-state index in [0.717, 1.165) is 0 Å². The Kier molecular flexibility index (Phi) is 3.32. The maximum atomic E-state index is 10.9. The molecule has 1 aliphatic rings. The van der Waals surface area contributed by atoms with Gasteiger partial charge < -0.3 is 14.4 Å². The van der Waals surface area contributed by atoms with Gasteiger partial charge >= 0.3 is 5.97 Å². The summed E-state index contributed by atoms with van der Waals surface area (Å²) < 4.78 is 5.21. The van der Waals surface area contributed by atoms with Gasteiger partial charge in [0.25, 0.3) is 0 Å². The van der Waals surface area contributed by atoms with Gasteiger partial charge in [-0.3, -0.25) is 4.79 Å². The molecule has 0 amide bonds. The highest BCUT2D eigenvalue weighted by molar-refractivity contribution is 5.70. The molecule has 1 aliphatic heterocycles. The molecule has 20 heavy (non-hydrogen) atoms. The minimum Gasteiger partial charge on any atom is -0.481 e. The average Bonchev–Trinajstić information content (AvgIpc) is 3.02. The van der Waals surface area contributed by atoms with Crippen molar-refractivity contribution in [2.24, 2.45) is 5.92 Å². The zero-order valence-electron chi connectivity index (χ0n) is 10.8. The molecule has 0 aromatic carbocycles. The lowest BCUT2D eigenvalue weighted by Gasteiger charge is -2.30. The summed E-state index contributed by atoms with van der Waals surface area (Å²) in [5, 5.41) is 8.99. The first-order valence-electron chi connectivity index (χ1n) is 6.44. The molecule has 7 heteroatoms. The van der Waals surface area contributed by atoms with Crippen molar-refractivity contribution in [1.29, 1.82) is 0 Å². The van der Waals surface area contributed by atoms with Crippen molar-refractivity contribution in [3.8, 4) is 11.6 Å². The van der Waals surface area contributed by atoms with E-state index in [9.17, 15) is 4.79 Å². The molecule has 0 bridgehead atoms. The first-order chi connectivity index (χ1) is 9.74. The second-order valence-corrected chi connectivity index (χ2v) is 4.68. The number of aliphatic carboxylic acids is 1. The van der Waals surface area contributed by atoms with E-state index in [1.165, 1.54) is 6.26 Å². The fraction of sp³-hybridized carbons (Fsp3) is 0.385. The number of carbonyl (C=O) groups is 1. The maximum absolute atomic E-state index is 10.9. The second kappa shape index (κ2) is 5.28. The third-order valence-electron chi connectivity index (χ3n) is 3.42. The predicted molar refractivity (Wildman–Crippen MR) is 70.1 cm³/mol. The van der Waals surface area contributed by atoms with Crippen molar-refractivity contribution in [3.63, 3.8) is 0 Å². The summed E-state index contributed by atoms with van der Waals surface area (Å²) in [5.74, 6) is 0.0545. The average molecular weight is 274 g/mol. The Morgan fingerprint density at radius 3 is 2.75 bits per heavy atom. The highest BCUT2D eigenvalue weighted by Crippen LogP contribution is 2.22. The number of piperidine rings is 1. The van der Waals surface area contributed by atoms with Gasteiger partial charge in [-0.25, -0.2) is 15.0 Å². The van der Waals surface area contributed by atoms with Gasteiger partial charge in [0, 0.05) is 19.3 Å². The summed E-state index contributed by atoms with van der Waals surface area (Å²) in [7, 11) is 0. The van der Waals surface area contributed by atoms with E-state index in [4.69, 9.17) is 9.52 Å². The zero-order chi connectivity index (χ0) is 13.9. The molecule has 7 nitrogen and oxygen atoms in total. The SMILES string of the molecule is O=C(O)C1CCN(c2nccc(-c3ncco3)n2)CC1. The number of hydrogen-bond acceptors (Lipinski definition) is 6. The third kappa shape index (κ3) is 2.47. The molecule has 0 radical (unpaired) electrons. The Morgan fingerprint density at radius 1 is 1.30 bits per heavy atom. The van der Waals surface area contributed by atoms with Crippen LogP contribution in [0.25, 0.3) is 11.6 Å². The Morgan fingerprint density at radius 2 is 2.10 bits per heavy atom. The number of anilines is 1. The lowest BCUT2D eigenvalue weighted by molar-refractivity contribution is -0.142. The van der Waals surface area contributed by atoms with Crippen LogP contribution in [0, 0.1) is 5.92 Å². The van der Waals surface area contributed by atoms with Crippen LogP contribution in [-0.4, -0.2) is 39.1 Å². The van der Waals surface area contributed by atoms with Crippen LogP contribution in [0.15, 0.2) is 29.1 Å². The van der Waals surface area contributed by atoms with Crippen molar-refractivity contribution in [2.45, 2.75) is 12.8 Å². The molecule has 0 saturated carbocycles. The molecular weight excluding hydrogens is 260 g/mol. The van der Waals surface area contributed by atoms with E-state index >= 15 is 0 Å². The molecule has 0 unspecified atom stereocenters. The lowest BCUT2D eigenvalue weighted by Crippen LogP contribution is -2.37. The normalized spacial score (nSPS) is 16.3. The van der Waals surface area contributed by atoms with Crippen molar-refractivity contribution in [1.82, 2.24) is 15.0 Å². The topological polar surface area (TPSA) is 92.3 Å². The number of oxazole rings is 1. The Bertz CT molecular complexity index is 591. The largest absolute Gasteiger partial charge is 0.481 e. The minimum atomic E-state index is -0.723. The van der Waals surface area contributed by atoms with E-state index < -0.39 is 5.97 Å². The number of rotatable bonds is 3. The van der Waals surface area contributed by atoms with Gasteiger partial charge in [0.2, 0.25) is 11.8 Å². The van der Waals surface area contributed by atoms with Crippen LogP contribution in [0.3, 0.4) is 0 Å². The summed E-state index contributed by atoms with van der Waals surface area (Å²) >= 11 is 0. The molecular formula is C13H14N4O3. The minimum absolute atomic E-state index is 0.263. The first-order valence-corrected chi connectivity index (χ1v) is 6.44. The summed E-state index contributed by atoms with van der Waals surface area (Å²) in [6, 6.07) is 1.74. The van der Waals surface area contributed by atoms with Crippen molar-refractivity contribution in [2.75, 3.05) is 18.0 Å². The van der Waals surface area contributed by atoms with E-state index in [-0.39, 0.29) is 5.92 Å². The molecule has 1 saturated heterocycles. The second-order valence-electron chi connectivity index (χ2n) is 4.68. The number of hydrogen-bond donors (Lipinski definition) is 1. The molecule has 1 fully saturated rings. The Hall–Kier alpha value is -2.44. The van der Waals surface area contributed by atoms with Gasteiger partial charge in [-0.15, -0.1) is 0 Å². The fourth-order valence-corrected chi connectivity index (χ4v) is 2.30. The molecule has 3 rings (SSSR count). The molecule has 0 aliphatic carbocycles. The number of carboxylic acids is 1. The van der Waals surface area contributed by atoms with Crippen LogP contribution in [0.1, 0.15) is 12.8 Å². The number of carboxylic acid groups (broad SMARTS) is 1.